The van der Waals surface area contributed by atoms with Crippen LogP contribution in [0.5, 0.6) is 0 Å². The summed E-state index contributed by atoms with van der Waals surface area (Å²) in [6.45, 7) is 9.57. The van der Waals surface area contributed by atoms with Gasteiger partial charge >= 0.3 is 0 Å². The van der Waals surface area contributed by atoms with Crippen LogP contribution in [0.2, 0.25) is 0 Å². The van der Waals surface area contributed by atoms with Gasteiger partial charge < -0.3 is 15.2 Å². The highest BCUT2D eigenvalue weighted by molar-refractivity contribution is 6.02. The Balaban J connectivity index is 1.61. The van der Waals surface area contributed by atoms with Gasteiger partial charge in [0.15, 0.2) is 5.78 Å². The van der Waals surface area contributed by atoms with Crippen LogP contribution in [-0.2, 0) is 4.79 Å². The lowest BCUT2D eigenvalue weighted by Crippen LogP contribution is -2.55. The van der Waals surface area contributed by atoms with E-state index in [9.17, 15) is 14.4 Å². The number of nitrogens with zero attached hydrogens (tertiary/aromatic N) is 2. The second kappa shape index (κ2) is 7.23. The molecule has 0 aromatic carbocycles. The van der Waals surface area contributed by atoms with Crippen molar-refractivity contribution in [3.63, 3.8) is 0 Å². The molecule has 142 valence electrons. The molecule has 7 heteroatoms. The van der Waals surface area contributed by atoms with Crippen molar-refractivity contribution in [2.75, 3.05) is 26.2 Å². The summed E-state index contributed by atoms with van der Waals surface area (Å²) in [5.41, 5.74) is 2.57. The number of ketones is 1. The van der Waals surface area contributed by atoms with Crippen LogP contribution in [0.3, 0.4) is 0 Å². The van der Waals surface area contributed by atoms with Crippen molar-refractivity contribution < 1.29 is 14.4 Å². The van der Waals surface area contributed by atoms with Crippen LogP contribution in [0.4, 0.5) is 0 Å². The Morgan fingerprint density at radius 2 is 1.73 bits per heavy atom. The van der Waals surface area contributed by atoms with E-state index in [0.717, 1.165) is 24.1 Å². The fourth-order valence-corrected chi connectivity index (χ4v) is 3.68. The molecule has 26 heavy (non-hydrogen) atoms. The van der Waals surface area contributed by atoms with Gasteiger partial charge in [-0.2, -0.15) is 0 Å². The van der Waals surface area contributed by atoms with Crippen molar-refractivity contribution in [3.8, 4) is 0 Å². The van der Waals surface area contributed by atoms with Gasteiger partial charge in [0.25, 0.3) is 5.91 Å². The minimum atomic E-state index is -0.174. The number of carbonyl (C=O) groups is 3. The van der Waals surface area contributed by atoms with Crippen molar-refractivity contribution in [3.05, 3.63) is 22.5 Å². The van der Waals surface area contributed by atoms with Crippen molar-refractivity contribution in [2.24, 2.45) is 0 Å². The van der Waals surface area contributed by atoms with E-state index in [-0.39, 0.29) is 23.6 Å². The lowest BCUT2D eigenvalue weighted by Gasteiger charge is -2.37. The summed E-state index contributed by atoms with van der Waals surface area (Å²) in [6.07, 6.45) is 2.16. The summed E-state index contributed by atoms with van der Waals surface area (Å²) in [5.74, 6) is -0.0299. The molecule has 7 nitrogen and oxygen atoms in total. The van der Waals surface area contributed by atoms with Crippen LogP contribution < -0.4 is 5.32 Å². The van der Waals surface area contributed by atoms with Crippen LogP contribution in [0.1, 0.15) is 58.8 Å². The molecule has 2 heterocycles. The summed E-state index contributed by atoms with van der Waals surface area (Å²) < 4.78 is 0. The van der Waals surface area contributed by atoms with Crippen molar-refractivity contribution in [1.82, 2.24) is 20.1 Å². The SMILES string of the molecule is CC(=O)c1c(C)[nH]c(C(=O)N2CCN([C@@H](C)C(=O)NC3CC3)CC2)c1C. The molecule has 1 atom stereocenters. The standard InChI is InChI=1S/C19H28N4O3/c1-11-16(14(4)24)12(2)20-17(11)19(26)23-9-7-22(8-10-23)13(3)18(25)21-15-5-6-15/h13,15,20H,5-10H2,1-4H3,(H,21,25)/t13-/m0/s1. The topological polar surface area (TPSA) is 85.5 Å². The van der Waals surface area contributed by atoms with Gasteiger partial charge in [-0.3, -0.25) is 19.3 Å². The molecule has 0 spiro atoms. The summed E-state index contributed by atoms with van der Waals surface area (Å²) in [4.78, 5) is 43.8. The Morgan fingerprint density at radius 1 is 1.12 bits per heavy atom. The third-order valence-corrected chi connectivity index (χ3v) is 5.46. The van der Waals surface area contributed by atoms with Crippen molar-refractivity contribution in [1.29, 1.82) is 0 Å². The predicted octanol–water partition coefficient (Wildman–Crippen LogP) is 1.26. The van der Waals surface area contributed by atoms with Crippen LogP contribution in [0, 0.1) is 13.8 Å². The number of hydrogen-bond acceptors (Lipinski definition) is 4. The number of Topliss-reactive ketones (excluding diaryl/α,β-unsaturated/α-hetero) is 1. The number of aromatic nitrogens is 1. The van der Waals surface area contributed by atoms with Crippen LogP contribution in [-0.4, -0.2) is 70.6 Å². The largest absolute Gasteiger partial charge is 0.354 e. The number of aryl methyl sites for hydroxylation is 1. The first-order valence-electron chi connectivity index (χ1n) is 9.33. The summed E-state index contributed by atoms with van der Waals surface area (Å²) >= 11 is 0. The second-order valence-corrected chi connectivity index (χ2v) is 7.47. The Bertz CT molecular complexity index is 727. The zero-order chi connectivity index (χ0) is 19.0. The van der Waals surface area contributed by atoms with Gasteiger partial charge in [0.05, 0.1) is 6.04 Å². The molecule has 1 saturated heterocycles. The predicted molar refractivity (Wildman–Crippen MR) is 98.4 cm³/mol. The van der Waals surface area contributed by atoms with E-state index < -0.39 is 0 Å². The van der Waals surface area contributed by atoms with Gasteiger partial charge in [-0.25, -0.2) is 0 Å². The lowest BCUT2D eigenvalue weighted by molar-refractivity contribution is -0.126. The summed E-state index contributed by atoms with van der Waals surface area (Å²) in [6, 6.07) is 0.189. The molecule has 0 unspecified atom stereocenters. The molecule has 1 aliphatic carbocycles. The zero-order valence-corrected chi connectivity index (χ0v) is 16.0. The number of nitrogens with one attached hydrogen (secondary N) is 2. The van der Waals surface area contributed by atoms with E-state index in [1.165, 1.54) is 6.92 Å². The number of H-pyrrole nitrogens is 1. The molecule has 0 radical (unpaired) electrons. The molecule has 1 aromatic rings. The zero-order valence-electron chi connectivity index (χ0n) is 16.0. The average Bonchev–Trinajstić information content (AvgIpc) is 3.36. The van der Waals surface area contributed by atoms with E-state index >= 15 is 0 Å². The van der Waals surface area contributed by atoms with E-state index in [1.54, 1.807) is 4.90 Å². The number of aromatic amines is 1. The number of hydrogen-bond donors (Lipinski definition) is 2. The maximum Gasteiger partial charge on any atom is 0.270 e. The highest BCUT2D eigenvalue weighted by atomic mass is 16.2. The lowest BCUT2D eigenvalue weighted by atomic mass is 10.1. The van der Waals surface area contributed by atoms with Gasteiger partial charge in [0.2, 0.25) is 5.91 Å². The molecular formula is C19H28N4O3. The molecule has 2 aliphatic rings. The van der Waals surface area contributed by atoms with E-state index in [1.807, 2.05) is 20.8 Å². The fourth-order valence-electron chi connectivity index (χ4n) is 3.68. The maximum atomic E-state index is 12.9. The van der Waals surface area contributed by atoms with Gasteiger partial charge in [0.1, 0.15) is 5.69 Å². The van der Waals surface area contributed by atoms with Crippen molar-refractivity contribution >= 4 is 17.6 Å². The highest BCUT2D eigenvalue weighted by Crippen LogP contribution is 2.21. The third kappa shape index (κ3) is 3.67. The number of piperazine rings is 1. The smallest absolute Gasteiger partial charge is 0.270 e. The molecule has 0 bridgehead atoms. The van der Waals surface area contributed by atoms with Gasteiger partial charge in [-0.05, 0) is 46.1 Å². The Kier molecular flexibility index (Phi) is 5.18. The Hall–Kier alpha value is -2.15. The average molecular weight is 360 g/mol. The van der Waals surface area contributed by atoms with Crippen LogP contribution >= 0.6 is 0 Å². The minimum absolute atomic E-state index is 0.0318. The molecule has 1 aliphatic heterocycles. The van der Waals surface area contributed by atoms with E-state index in [4.69, 9.17) is 0 Å². The first kappa shape index (κ1) is 18.6. The molecule has 2 amide bonds. The van der Waals surface area contributed by atoms with E-state index in [0.29, 0.717) is 43.5 Å². The molecular weight excluding hydrogens is 332 g/mol. The number of carbonyl (C=O) groups excluding carboxylic acids is 3. The van der Waals surface area contributed by atoms with Crippen LogP contribution in [0.25, 0.3) is 0 Å². The molecule has 3 rings (SSSR count). The van der Waals surface area contributed by atoms with Gasteiger partial charge in [-0.1, -0.05) is 0 Å². The third-order valence-electron chi connectivity index (χ3n) is 5.46. The number of rotatable bonds is 5. The summed E-state index contributed by atoms with van der Waals surface area (Å²) in [7, 11) is 0. The minimum Gasteiger partial charge on any atom is -0.354 e. The monoisotopic (exact) mass is 360 g/mol. The first-order valence-corrected chi connectivity index (χ1v) is 9.33. The quantitative estimate of drug-likeness (QED) is 0.774. The van der Waals surface area contributed by atoms with Gasteiger partial charge in [0, 0.05) is 43.5 Å². The Labute approximate surface area is 154 Å². The van der Waals surface area contributed by atoms with E-state index in [2.05, 4.69) is 15.2 Å². The molecule has 2 N–H and O–H groups in total. The molecule has 1 aromatic heterocycles. The first-order chi connectivity index (χ1) is 12.3. The normalized spacial score (nSPS) is 19.3. The highest BCUT2D eigenvalue weighted by Gasteiger charge is 2.32. The number of amides is 2. The molecule has 2 fully saturated rings. The second-order valence-electron chi connectivity index (χ2n) is 7.47. The molecule has 1 saturated carbocycles. The van der Waals surface area contributed by atoms with Crippen molar-refractivity contribution in [2.45, 2.75) is 52.6 Å². The summed E-state index contributed by atoms with van der Waals surface area (Å²) in [5, 5.41) is 3.04. The van der Waals surface area contributed by atoms with Gasteiger partial charge in [-0.15, -0.1) is 0 Å². The maximum absolute atomic E-state index is 12.9. The Morgan fingerprint density at radius 3 is 2.23 bits per heavy atom. The van der Waals surface area contributed by atoms with Crippen LogP contribution in [0.15, 0.2) is 0 Å². The fraction of sp³-hybridized carbons (Fsp3) is 0.632.